The lowest BCUT2D eigenvalue weighted by Crippen LogP contribution is -2.34. The third-order valence-corrected chi connectivity index (χ3v) is 3.30. The molecule has 0 aliphatic rings. The first-order valence-corrected chi connectivity index (χ1v) is 7.96. The predicted octanol–water partition coefficient (Wildman–Crippen LogP) is 4.75. The minimum Gasteiger partial charge on any atom is -0.444 e. The van der Waals surface area contributed by atoms with Crippen molar-refractivity contribution in [1.82, 2.24) is 15.3 Å². The van der Waals surface area contributed by atoms with Gasteiger partial charge in [0.05, 0.1) is 17.4 Å². The molecule has 1 atom stereocenters. The molecule has 0 aliphatic heterocycles. The molecule has 140 valence electrons. The van der Waals surface area contributed by atoms with E-state index in [1.807, 2.05) is 0 Å². The van der Waals surface area contributed by atoms with Crippen LogP contribution >= 0.6 is 0 Å². The molecule has 26 heavy (non-hydrogen) atoms. The number of aromatic nitrogens is 2. The highest BCUT2D eigenvalue weighted by Crippen LogP contribution is 2.29. The van der Waals surface area contributed by atoms with Crippen molar-refractivity contribution in [2.24, 2.45) is 0 Å². The van der Waals surface area contributed by atoms with Crippen molar-refractivity contribution in [2.75, 3.05) is 0 Å². The van der Waals surface area contributed by atoms with Crippen molar-refractivity contribution >= 4 is 6.09 Å². The smallest absolute Gasteiger partial charge is 0.433 e. The average Bonchev–Trinajstić information content (AvgIpc) is 2.52. The van der Waals surface area contributed by atoms with E-state index in [0.717, 1.165) is 6.07 Å². The number of carbonyl (C=O) groups excluding carboxylic acids is 1. The molecule has 0 fully saturated rings. The number of alkyl carbamates (subject to hydrolysis) is 1. The molecule has 2 aromatic rings. The van der Waals surface area contributed by atoms with Crippen LogP contribution in [0.1, 0.15) is 45.1 Å². The lowest BCUT2D eigenvalue weighted by molar-refractivity contribution is -0.141. The lowest BCUT2D eigenvalue weighted by atomic mass is 10.1. The lowest BCUT2D eigenvalue weighted by Gasteiger charge is -2.21. The second kappa shape index (κ2) is 7.31. The van der Waals surface area contributed by atoms with E-state index in [0.29, 0.717) is 11.3 Å². The fraction of sp³-hybridized carbons (Fsp3) is 0.389. The minimum absolute atomic E-state index is 0.173. The Kier molecular flexibility index (Phi) is 5.53. The first-order valence-electron chi connectivity index (χ1n) is 7.96. The number of nitrogens with one attached hydrogen (secondary N) is 1. The highest BCUT2D eigenvalue weighted by Gasteiger charge is 2.32. The Labute approximate surface area is 149 Å². The molecular formula is C18H20F3N3O2. The zero-order chi connectivity index (χ0) is 19.5. The molecule has 2 aromatic heterocycles. The molecule has 0 aliphatic carbocycles. The summed E-state index contributed by atoms with van der Waals surface area (Å²) in [7, 11) is 0. The van der Waals surface area contributed by atoms with Crippen LogP contribution in [0.15, 0.2) is 36.5 Å². The molecule has 0 aromatic carbocycles. The second-order valence-corrected chi connectivity index (χ2v) is 6.75. The van der Waals surface area contributed by atoms with Crippen molar-refractivity contribution in [3.05, 3.63) is 47.9 Å². The van der Waals surface area contributed by atoms with Crippen LogP contribution in [0.2, 0.25) is 0 Å². The number of hydrogen-bond donors (Lipinski definition) is 1. The van der Waals surface area contributed by atoms with Gasteiger partial charge in [0.2, 0.25) is 0 Å². The normalized spacial score (nSPS) is 13.2. The Morgan fingerprint density at radius 2 is 1.85 bits per heavy atom. The molecule has 2 heterocycles. The first-order chi connectivity index (χ1) is 12.0. The van der Waals surface area contributed by atoms with Crippen LogP contribution in [0.25, 0.3) is 11.3 Å². The largest absolute Gasteiger partial charge is 0.444 e. The van der Waals surface area contributed by atoms with Crippen molar-refractivity contribution in [2.45, 2.75) is 45.5 Å². The third kappa shape index (κ3) is 5.44. The third-order valence-electron chi connectivity index (χ3n) is 3.30. The number of carbonyl (C=O) groups is 1. The summed E-state index contributed by atoms with van der Waals surface area (Å²) >= 11 is 0. The number of halogens is 3. The summed E-state index contributed by atoms with van der Waals surface area (Å²) in [6.45, 7) is 7.00. The van der Waals surface area contributed by atoms with Gasteiger partial charge in [-0.1, -0.05) is 6.07 Å². The van der Waals surface area contributed by atoms with Crippen molar-refractivity contribution < 1.29 is 22.7 Å². The van der Waals surface area contributed by atoms with E-state index < -0.39 is 29.6 Å². The summed E-state index contributed by atoms with van der Waals surface area (Å²) in [4.78, 5) is 19.6. The summed E-state index contributed by atoms with van der Waals surface area (Å²) < 4.78 is 43.5. The zero-order valence-corrected chi connectivity index (χ0v) is 14.9. The fourth-order valence-electron chi connectivity index (χ4n) is 2.12. The fourth-order valence-corrected chi connectivity index (χ4v) is 2.12. The van der Waals surface area contributed by atoms with Gasteiger partial charge in [-0.25, -0.2) is 9.78 Å². The van der Waals surface area contributed by atoms with Crippen LogP contribution in [-0.4, -0.2) is 21.7 Å². The topological polar surface area (TPSA) is 64.1 Å². The molecule has 0 bridgehead atoms. The minimum atomic E-state index is -4.50. The zero-order valence-electron chi connectivity index (χ0n) is 14.9. The van der Waals surface area contributed by atoms with Crippen LogP contribution in [0.4, 0.5) is 18.0 Å². The average molecular weight is 367 g/mol. The van der Waals surface area contributed by atoms with Crippen molar-refractivity contribution in [3.63, 3.8) is 0 Å². The van der Waals surface area contributed by atoms with E-state index in [2.05, 4.69) is 15.3 Å². The Hall–Kier alpha value is -2.64. The Balaban J connectivity index is 2.12. The van der Waals surface area contributed by atoms with Gasteiger partial charge in [0.15, 0.2) is 0 Å². The quantitative estimate of drug-likeness (QED) is 0.850. The van der Waals surface area contributed by atoms with Gasteiger partial charge in [0.25, 0.3) is 0 Å². The van der Waals surface area contributed by atoms with Gasteiger partial charge in [-0.15, -0.1) is 0 Å². The van der Waals surface area contributed by atoms with E-state index in [-0.39, 0.29) is 5.69 Å². The number of ether oxygens (including phenoxy) is 1. The Bertz CT molecular complexity index is 768. The standard InChI is InChI=1S/C18H20F3N3O2/c1-11(23-16(25)26-17(2,3)4)13-9-8-12(10-22-13)14-6-5-7-15(24-14)18(19,20)21/h5-11H,1-4H3,(H,23,25)/t11-/m0/s1. The number of rotatable bonds is 3. The summed E-state index contributed by atoms with van der Waals surface area (Å²) in [6.07, 6.45) is -3.66. The molecule has 5 nitrogen and oxygen atoms in total. The van der Waals surface area contributed by atoms with Crippen molar-refractivity contribution in [1.29, 1.82) is 0 Å². The van der Waals surface area contributed by atoms with Crippen molar-refractivity contribution in [3.8, 4) is 11.3 Å². The van der Waals surface area contributed by atoms with Gasteiger partial charge < -0.3 is 10.1 Å². The molecule has 0 saturated carbocycles. The molecule has 0 saturated heterocycles. The van der Waals surface area contributed by atoms with E-state index in [1.165, 1.54) is 18.3 Å². The summed E-state index contributed by atoms with van der Waals surface area (Å²) in [5.74, 6) is 0. The molecule has 0 unspecified atom stereocenters. The van der Waals surface area contributed by atoms with Crippen LogP contribution in [-0.2, 0) is 10.9 Å². The molecule has 0 spiro atoms. The second-order valence-electron chi connectivity index (χ2n) is 6.75. The summed E-state index contributed by atoms with van der Waals surface area (Å²) in [5, 5.41) is 2.65. The number of alkyl halides is 3. The predicted molar refractivity (Wildman–Crippen MR) is 90.3 cm³/mol. The van der Waals surface area contributed by atoms with E-state index in [9.17, 15) is 18.0 Å². The number of amides is 1. The maximum Gasteiger partial charge on any atom is 0.433 e. The van der Waals surface area contributed by atoms with Crippen LogP contribution in [0.5, 0.6) is 0 Å². The highest BCUT2D eigenvalue weighted by atomic mass is 19.4. The highest BCUT2D eigenvalue weighted by molar-refractivity contribution is 5.68. The monoisotopic (exact) mass is 367 g/mol. The van der Waals surface area contributed by atoms with Gasteiger partial charge in [-0.3, -0.25) is 4.98 Å². The number of hydrogen-bond acceptors (Lipinski definition) is 4. The van der Waals surface area contributed by atoms with Gasteiger partial charge in [0.1, 0.15) is 11.3 Å². The number of pyridine rings is 2. The molecule has 1 N–H and O–H groups in total. The van der Waals surface area contributed by atoms with Gasteiger partial charge in [-0.05, 0) is 52.0 Å². The van der Waals surface area contributed by atoms with Crippen LogP contribution < -0.4 is 5.32 Å². The van der Waals surface area contributed by atoms with Gasteiger partial charge >= 0.3 is 12.3 Å². The van der Waals surface area contributed by atoms with E-state index >= 15 is 0 Å². The molecular weight excluding hydrogens is 347 g/mol. The molecule has 0 radical (unpaired) electrons. The van der Waals surface area contributed by atoms with Gasteiger partial charge in [-0.2, -0.15) is 13.2 Å². The summed E-state index contributed by atoms with van der Waals surface area (Å²) in [6, 6.07) is 6.50. The van der Waals surface area contributed by atoms with E-state index in [1.54, 1.807) is 39.8 Å². The van der Waals surface area contributed by atoms with Crippen LogP contribution in [0, 0.1) is 0 Å². The maximum atomic E-state index is 12.8. The Morgan fingerprint density at radius 1 is 1.15 bits per heavy atom. The first kappa shape index (κ1) is 19.7. The molecule has 2 rings (SSSR count). The summed E-state index contributed by atoms with van der Waals surface area (Å²) in [5.41, 5.74) is -0.405. The Morgan fingerprint density at radius 3 is 2.38 bits per heavy atom. The number of nitrogens with zero attached hydrogens (tertiary/aromatic N) is 2. The maximum absolute atomic E-state index is 12.8. The van der Waals surface area contributed by atoms with Gasteiger partial charge in [0, 0.05) is 11.8 Å². The molecule has 8 heteroatoms. The van der Waals surface area contributed by atoms with E-state index in [4.69, 9.17) is 4.74 Å². The molecule has 1 amide bonds. The van der Waals surface area contributed by atoms with Crippen LogP contribution in [0.3, 0.4) is 0 Å². The SMILES string of the molecule is C[C@H](NC(=O)OC(C)(C)C)c1ccc(-c2cccc(C(F)(F)F)n2)cn1.